The minimum Gasteiger partial charge on any atom is -0.431 e. The highest BCUT2D eigenvalue weighted by atomic mass is 32.2. The normalized spacial score (nSPS) is 15.7. The highest BCUT2D eigenvalue weighted by Crippen LogP contribution is 2.23. The molecule has 4 unspecified atom stereocenters. The van der Waals surface area contributed by atoms with Crippen molar-refractivity contribution >= 4 is 21.9 Å². The summed E-state index contributed by atoms with van der Waals surface area (Å²) in [5.41, 5.74) is -0.770. The van der Waals surface area contributed by atoms with Crippen molar-refractivity contribution in [2.24, 2.45) is 0 Å². The van der Waals surface area contributed by atoms with Crippen molar-refractivity contribution in [3.8, 4) is 0 Å². The van der Waals surface area contributed by atoms with Gasteiger partial charge < -0.3 is 29.8 Å². The van der Waals surface area contributed by atoms with E-state index in [4.69, 9.17) is 9.15 Å². The minimum absolute atomic E-state index is 0.328. The molecule has 1 amide bonds. The molecule has 5 N–H and O–H groups in total. The molecule has 4 atom stereocenters. The Morgan fingerprint density at radius 2 is 1.84 bits per heavy atom. The van der Waals surface area contributed by atoms with Gasteiger partial charge in [0, 0.05) is 13.2 Å². The van der Waals surface area contributed by atoms with Crippen LogP contribution in [0.15, 0.2) is 28.9 Å². The molecule has 0 fully saturated rings. The zero-order valence-corrected chi connectivity index (χ0v) is 17.1. The van der Waals surface area contributed by atoms with Gasteiger partial charge in [0.15, 0.2) is 5.69 Å². The Morgan fingerprint density at radius 3 is 2.39 bits per heavy atom. The first kappa shape index (κ1) is 24.6. The molecule has 0 saturated heterocycles. The summed E-state index contributed by atoms with van der Waals surface area (Å²) in [5, 5.41) is 33.2. The molecule has 1 aromatic carbocycles. The van der Waals surface area contributed by atoms with Gasteiger partial charge in [-0.1, -0.05) is 0 Å². The Balaban J connectivity index is 2.31. The van der Waals surface area contributed by atoms with Crippen LogP contribution in [0, 0.1) is 11.6 Å². The van der Waals surface area contributed by atoms with Gasteiger partial charge in [0.1, 0.15) is 36.2 Å². The van der Waals surface area contributed by atoms with Crippen LogP contribution in [0.2, 0.25) is 0 Å². The van der Waals surface area contributed by atoms with Crippen LogP contribution < -0.4 is 10.0 Å². The van der Waals surface area contributed by atoms with Crippen LogP contribution in [-0.2, 0) is 14.8 Å². The number of methoxy groups -OCH3 is 1. The molecule has 2 aromatic rings. The van der Waals surface area contributed by atoms with E-state index in [0.717, 1.165) is 24.7 Å². The van der Waals surface area contributed by atoms with Crippen LogP contribution in [0.25, 0.3) is 0 Å². The molecular weight excluding hydrogens is 444 g/mol. The van der Waals surface area contributed by atoms with Crippen LogP contribution in [0.3, 0.4) is 0 Å². The van der Waals surface area contributed by atoms with Crippen molar-refractivity contribution < 1.29 is 46.5 Å². The lowest BCUT2D eigenvalue weighted by Gasteiger charge is -2.31. The second-order valence-electron chi connectivity index (χ2n) is 6.57. The quantitative estimate of drug-likeness (QED) is 0.311. The molecule has 11 nitrogen and oxygen atoms in total. The number of benzene rings is 1. The summed E-state index contributed by atoms with van der Waals surface area (Å²) in [6.45, 7) is -0.385. The van der Waals surface area contributed by atoms with Crippen molar-refractivity contribution in [2.75, 3.05) is 24.7 Å². The van der Waals surface area contributed by atoms with Gasteiger partial charge in [-0.25, -0.2) is 21.9 Å². The second-order valence-corrected chi connectivity index (χ2v) is 8.32. The van der Waals surface area contributed by atoms with Crippen molar-refractivity contribution in [3.05, 3.63) is 47.4 Å². The third-order valence-electron chi connectivity index (χ3n) is 3.97. The molecule has 0 aliphatic carbocycles. The number of aliphatic hydroxyl groups is 3. The maximum atomic E-state index is 13.5. The number of hydrogen-bond acceptors (Lipinski definition) is 9. The summed E-state index contributed by atoms with van der Waals surface area (Å²) in [7, 11) is -2.51. The number of anilines is 1. The predicted molar refractivity (Wildman–Crippen MR) is 101 cm³/mol. The number of aromatic nitrogens is 1. The largest absolute Gasteiger partial charge is 0.431 e. The molecule has 2 rings (SSSR count). The Labute approximate surface area is 175 Å². The Bertz CT molecular complexity index is 996. The summed E-state index contributed by atoms with van der Waals surface area (Å²) >= 11 is 0. The van der Waals surface area contributed by atoms with Gasteiger partial charge in [-0.05, 0) is 17.7 Å². The summed E-state index contributed by atoms with van der Waals surface area (Å²) in [6.07, 6.45) is -3.67. The molecule has 0 aliphatic heterocycles. The Hall–Kier alpha value is -2.65. The highest BCUT2D eigenvalue weighted by Gasteiger charge is 2.35. The van der Waals surface area contributed by atoms with E-state index < -0.39 is 63.6 Å². The lowest BCUT2D eigenvalue weighted by molar-refractivity contribution is -0.0634. The number of rotatable bonds is 10. The fourth-order valence-corrected chi connectivity index (χ4v) is 3.03. The smallest absolute Gasteiger partial charge is 0.309 e. The molecule has 0 spiro atoms. The molecule has 0 radical (unpaired) electrons. The van der Waals surface area contributed by atoms with Crippen molar-refractivity contribution in [1.82, 2.24) is 10.3 Å². The fourth-order valence-electron chi connectivity index (χ4n) is 2.62. The molecule has 1 heterocycles. The molecular formula is C17H21F2N3O8S. The first-order chi connectivity index (χ1) is 14.4. The van der Waals surface area contributed by atoms with E-state index >= 15 is 0 Å². The van der Waals surface area contributed by atoms with E-state index in [1.165, 1.54) is 7.11 Å². The predicted octanol–water partition coefficient (Wildman–Crippen LogP) is -0.475. The summed E-state index contributed by atoms with van der Waals surface area (Å²) in [5.74, 6) is -3.08. The SMILES string of the molecule is COCC(O)C(O)C(NC(=O)c1coc(NS(C)(=O)=O)n1)C(O)c1cc(F)cc(F)c1. The zero-order chi connectivity index (χ0) is 23.3. The second kappa shape index (κ2) is 10.1. The van der Waals surface area contributed by atoms with Crippen LogP contribution in [0.5, 0.6) is 0 Å². The number of hydrogen-bond donors (Lipinski definition) is 5. The summed E-state index contributed by atoms with van der Waals surface area (Å²) in [4.78, 5) is 16.1. The first-order valence-electron chi connectivity index (χ1n) is 8.64. The van der Waals surface area contributed by atoms with Gasteiger partial charge >= 0.3 is 6.01 Å². The lowest BCUT2D eigenvalue weighted by atomic mass is 9.94. The zero-order valence-electron chi connectivity index (χ0n) is 16.3. The molecule has 172 valence electrons. The maximum absolute atomic E-state index is 13.5. The molecule has 0 saturated carbocycles. The fraction of sp³-hybridized carbons (Fsp3) is 0.412. The number of aliphatic hydroxyl groups excluding tert-OH is 3. The number of halogens is 2. The van der Waals surface area contributed by atoms with Crippen LogP contribution in [0.4, 0.5) is 14.8 Å². The maximum Gasteiger partial charge on any atom is 0.309 e. The summed E-state index contributed by atoms with van der Waals surface area (Å²) < 4.78 is 60.9. The topological polar surface area (TPSA) is 171 Å². The van der Waals surface area contributed by atoms with Crippen LogP contribution in [0.1, 0.15) is 22.2 Å². The summed E-state index contributed by atoms with van der Waals surface area (Å²) in [6, 6.07) is -0.0658. The van der Waals surface area contributed by atoms with Gasteiger partial charge in [-0.2, -0.15) is 4.98 Å². The molecule has 31 heavy (non-hydrogen) atoms. The number of carbonyl (C=O) groups excluding carboxylic acids is 1. The van der Waals surface area contributed by atoms with Crippen molar-refractivity contribution in [1.29, 1.82) is 0 Å². The van der Waals surface area contributed by atoms with Gasteiger partial charge in [-0.3, -0.25) is 4.79 Å². The number of amides is 1. The number of oxazole rings is 1. The monoisotopic (exact) mass is 465 g/mol. The van der Waals surface area contributed by atoms with E-state index in [0.29, 0.717) is 6.07 Å². The molecule has 0 bridgehead atoms. The molecule has 14 heteroatoms. The first-order valence-corrected chi connectivity index (χ1v) is 10.5. The van der Waals surface area contributed by atoms with Gasteiger partial charge in [0.05, 0.1) is 18.9 Å². The highest BCUT2D eigenvalue weighted by molar-refractivity contribution is 7.91. The van der Waals surface area contributed by atoms with Crippen LogP contribution >= 0.6 is 0 Å². The average molecular weight is 465 g/mol. The van der Waals surface area contributed by atoms with Gasteiger partial charge in [0.25, 0.3) is 5.91 Å². The average Bonchev–Trinajstić information content (AvgIpc) is 3.11. The number of nitrogens with zero attached hydrogens (tertiary/aromatic N) is 1. The Kier molecular flexibility index (Phi) is 8.02. The molecule has 1 aromatic heterocycles. The van der Waals surface area contributed by atoms with E-state index in [1.54, 1.807) is 0 Å². The Morgan fingerprint density at radius 1 is 1.23 bits per heavy atom. The van der Waals surface area contributed by atoms with Gasteiger partial charge in [-0.15, -0.1) is 0 Å². The number of carbonyl (C=O) groups is 1. The molecule has 0 aliphatic rings. The van der Waals surface area contributed by atoms with E-state index in [-0.39, 0.29) is 12.2 Å². The van der Waals surface area contributed by atoms with E-state index in [9.17, 15) is 37.3 Å². The van der Waals surface area contributed by atoms with Gasteiger partial charge in [0.2, 0.25) is 10.0 Å². The third kappa shape index (κ3) is 6.93. The lowest BCUT2D eigenvalue weighted by Crippen LogP contribution is -2.52. The standard InChI is InChI=1S/C17H21F2N3O8S/c1-29-7-12(23)15(25)13(14(24)8-3-9(18)5-10(19)4-8)21-16(26)11-6-30-17(20-11)22-31(2,27)28/h3-6,12-15,23-25H,7H2,1-2H3,(H,20,22)(H,21,26). The number of ether oxygens (including phenoxy) is 1. The van der Waals surface area contributed by atoms with Crippen molar-refractivity contribution in [3.63, 3.8) is 0 Å². The third-order valence-corrected chi connectivity index (χ3v) is 4.52. The minimum atomic E-state index is -3.74. The van der Waals surface area contributed by atoms with Crippen LogP contribution in [-0.4, -0.2) is 72.9 Å². The van der Waals surface area contributed by atoms with E-state index in [2.05, 4.69) is 10.3 Å². The number of sulfonamides is 1. The van der Waals surface area contributed by atoms with Crippen molar-refractivity contribution in [2.45, 2.75) is 24.4 Å². The number of nitrogens with one attached hydrogen (secondary N) is 2. The van der Waals surface area contributed by atoms with E-state index in [1.807, 2.05) is 4.72 Å².